The van der Waals surface area contributed by atoms with Crippen molar-refractivity contribution >= 4 is 17.2 Å². The van der Waals surface area contributed by atoms with Gasteiger partial charge in [-0.2, -0.15) is 0 Å². The highest BCUT2D eigenvalue weighted by Crippen LogP contribution is 2.39. The molecule has 3 rings (SSSR count). The molecule has 1 aromatic rings. The quantitative estimate of drug-likeness (QED) is 0.908. The van der Waals surface area contributed by atoms with Crippen LogP contribution in [-0.2, 0) is 11.3 Å². The number of rotatable bonds is 4. The Morgan fingerprint density at radius 3 is 2.62 bits per heavy atom. The molecule has 116 valence electrons. The Morgan fingerprint density at radius 1 is 1.43 bits per heavy atom. The number of thiazole rings is 1. The monoisotopic (exact) mass is 308 g/mol. The third kappa shape index (κ3) is 3.27. The SMILES string of the molecule is Cc1nc(CN2CCN(C(=O)C(C)(N)C3CC3)CC2)cs1. The lowest BCUT2D eigenvalue weighted by atomic mass is 9.95. The van der Waals surface area contributed by atoms with Crippen LogP contribution in [0.2, 0.25) is 0 Å². The highest BCUT2D eigenvalue weighted by atomic mass is 32.1. The van der Waals surface area contributed by atoms with E-state index in [1.807, 2.05) is 18.7 Å². The van der Waals surface area contributed by atoms with Crippen molar-refractivity contribution in [2.75, 3.05) is 26.2 Å². The average Bonchev–Trinajstić information content (AvgIpc) is 3.24. The summed E-state index contributed by atoms with van der Waals surface area (Å²) in [6, 6.07) is 0. The topological polar surface area (TPSA) is 62.5 Å². The van der Waals surface area contributed by atoms with Gasteiger partial charge in [-0.25, -0.2) is 4.98 Å². The fraction of sp³-hybridized carbons (Fsp3) is 0.733. The van der Waals surface area contributed by atoms with Crippen molar-refractivity contribution in [3.8, 4) is 0 Å². The van der Waals surface area contributed by atoms with Gasteiger partial charge < -0.3 is 10.6 Å². The molecule has 1 aliphatic carbocycles. The Hall–Kier alpha value is -0.980. The van der Waals surface area contributed by atoms with Gasteiger partial charge in [-0.15, -0.1) is 11.3 Å². The van der Waals surface area contributed by atoms with Gasteiger partial charge in [0.05, 0.1) is 16.2 Å². The van der Waals surface area contributed by atoms with Crippen molar-refractivity contribution < 1.29 is 4.79 Å². The van der Waals surface area contributed by atoms with Crippen molar-refractivity contribution in [3.05, 3.63) is 16.1 Å². The second-order valence-corrected chi connectivity index (χ2v) is 7.55. The lowest BCUT2D eigenvalue weighted by Crippen LogP contribution is -2.59. The molecule has 1 unspecified atom stereocenters. The Labute approximate surface area is 130 Å². The minimum atomic E-state index is -0.659. The molecule has 6 heteroatoms. The number of carbonyl (C=O) groups is 1. The summed E-state index contributed by atoms with van der Waals surface area (Å²) in [5.74, 6) is 0.523. The van der Waals surface area contributed by atoms with Crippen molar-refractivity contribution in [2.24, 2.45) is 11.7 Å². The van der Waals surface area contributed by atoms with Gasteiger partial charge in [0.1, 0.15) is 0 Å². The number of hydrogen-bond donors (Lipinski definition) is 1. The number of aryl methyl sites for hydroxylation is 1. The summed E-state index contributed by atoms with van der Waals surface area (Å²) in [5, 5.41) is 3.24. The number of amides is 1. The van der Waals surface area contributed by atoms with Crippen LogP contribution in [0.15, 0.2) is 5.38 Å². The summed E-state index contributed by atoms with van der Waals surface area (Å²) in [4.78, 5) is 21.4. The third-order valence-electron chi connectivity index (χ3n) is 4.60. The fourth-order valence-corrected chi connectivity index (χ4v) is 3.62. The van der Waals surface area contributed by atoms with E-state index in [4.69, 9.17) is 5.73 Å². The van der Waals surface area contributed by atoms with Crippen LogP contribution in [0.4, 0.5) is 0 Å². The standard InChI is InChI=1S/C15H24N4OS/c1-11-17-13(10-21-11)9-18-5-7-19(8-6-18)14(20)15(2,16)12-3-4-12/h10,12H,3-9,16H2,1-2H3. The van der Waals surface area contributed by atoms with Crippen LogP contribution in [0.5, 0.6) is 0 Å². The molecule has 2 aliphatic rings. The normalized spacial score (nSPS) is 23.1. The van der Waals surface area contributed by atoms with Crippen molar-refractivity contribution in [1.82, 2.24) is 14.8 Å². The van der Waals surface area contributed by atoms with E-state index >= 15 is 0 Å². The number of aromatic nitrogens is 1. The maximum atomic E-state index is 12.5. The van der Waals surface area contributed by atoms with E-state index < -0.39 is 5.54 Å². The molecule has 1 atom stereocenters. The van der Waals surface area contributed by atoms with Crippen LogP contribution in [-0.4, -0.2) is 52.4 Å². The number of hydrogen-bond acceptors (Lipinski definition) is 5. The van der Waals surface area contributed by atoms with Crippen molar-refractivity contribution in [2.45, 2.75) is 38.8 Å². The molecule has 1 amide bonds. The second-order valence-electron chi connectivity index (χ2n) is 6.48. The summed E-state index contributed by atoms with van der Waals surface area (Å²) < 4.78 is 0. The molecule has 2 N–H and O–H groups in total. The van der Waals surface area contributed by atoms with Crippen LogP contribution in [0.3, 0.4) is 0 Å². The molecule has 1 saturated carbocycles. The molecular weight excluding hydrogens is 284 g/mol. The van der Waals surface area contributed by atoms with Crippen LogP contribution in [0.25, 0.3) is 0 Å². The fourth-order valence-electron chi connectivity index (χ4n) is 3.02. The highest BCUT2D eigenvalue weighted by molar-refractivity contribution is 7.09. The van der Waals surface area contributed by atoms with Gasteiger partial charge in [-0.3, -0.25) is 9.69 Å². The molecule has 0 radical (unpaired) electrons. The Balaban J connectivity index is 1.51. The molecule has 0 bridgehead atoms. The van der Waals surface area contributed by atoms with Gasteiger partial charge in [-0.1, -0.05) is 0 Å². The molecule has 2 heterocycles. The molecule has 0 spiro atoms. The maximum Gasteiger partial charge on any atom is 0.242 e. The van der Waals surface area contributed by atoms with Crippen LogP contribution in [0, 0.1) is 12.8 Å². The van der Waals surface area contributed by atoms with Crippen molar-refractivity contribution in [1.29, 1.82) is 0 Å². The van der Waals surface area contributed by atoms with Gasteiger partial charge in [0, 0.05) is 38.1 Å². The van der Waals surface area contributed by atoms with E-state index in [1.165, 1.54) is 0 Å². The van der Waals surface area contributed by atoms with Gasteiger partial charge in [-0.05, 0) is 32.6 Å². The zero-order chi connectivity index (χ0) is 15.0. The summed E-state index contributed by atoms with van der Waals surface area (Å²) >= 11 is 1.69. The van der Waals surface area contributed by atoms with Gasteiger partial charge in [0.25, 0.3) is 0 Å². The largest absolute Gasteiger partial charge is 0.339 e. The summed E-state index contributed by atoms with van der Waals surface area (Å²) in [7, 11) is 0. The molecule has 0 aromatic carbocycles. The molecule has 1 aliphatic heterocycles. The second kappa shape index (κ2) is 5.66. The van der Waals surface area contributed by atoms with Gasteiger partial charge in [0.15, 0.2) is 0 Å². The zero-order valence-electron chi connectivity index (χ0n) is 12.8. The summed E-state index contributed by atoms with van der Waals surface area (Å²) in [6.45, 7) is 8.19. The Morgan fingerprint density at radius 2 is 2.10 bits per heavy atom. The van der Waals surface area contributed by atoms with Gasteiger partial charge >= 0.3 is 0 Å². The molecular formula is C15H24N4OS. The van der Waals surface area contributed by atoms with Crippen LogP contribution in [0.1, 0.15) is 30.5 Å². The first-order valence-corrected chi connectivity index (χ1v) is 8.56. The van der Waals surface area contributed by atoms with E-state index in [9.17, 15) is 4.79 Å². The predicted octanol–water partition coefficient (Wildman–Crippen LogP) is 1.22. The van der Waals surface area contributed by atoms with Crippen molar-refractivity contribution in [3.63, 3.8) is 0 Å². The Bertz CT molecular complexity index is 515. The minimum absolute atomic E-state index is 0.133. The first-order chi connectivity index (χ1) is 9.96. The first-order valence-electron chi connectivity index (χ1n) is 7.68. The van der Waals surface area contributed by atoms with E-state index in [-0.39, 0.29) is 5.91 Å². The Kier molecular flexibility index (Phi) is 4.03. The van der Waals surface area contributed by atoms with E-state index in [0.29, 0.717) is 5.92 Å². The summed E-state index contributed by atoms with van der Waals surface area (Å²) in [5.41, 5.74) is 6.72. The average molecular weight is 308 g/mol. The lowest BCUT2D eigenvalue weighted by molar-refractivity contribution is -0.139. The van der Waals surface area contributed by atoms with E-state index in [1.54, 1.807) is 11.3 Å². The van der Waals surface area contributed by atoms with E-state index in [2.05, 4.69) is 15.3 Å². The lowest BCUT2D eigenvalue weighted by Gasteiger charge is -2.38. The molecule has 1 saturated heterocycles. The number of nitrogens with zero attached hydrogens (tertiary/aromatic N) is 3. The molecule has 5 nitrogen and oxygen atoms in total. The number of carbonyl (C=O) groups excluding carboxylic acids is 1. The molecule has 2 fully saturated rings. The summed E-state index contributed by atoms with van der Waals surface area (Å²) in [6.07, 6.45) is 2.20. The first kappa shape index (κ1) is 14.9. The molecule has 1 aromatic heterocycles. The maximum absolute atomic E-state index is 12.5. The zero-order valence-corrected chi connectivity index (χ0v) is 13.7. The third-order valence-corrected chi connectivity index (χ3v) is 5.42. The predicted molar refractivity (Wildman–Crippen MR) is 84.0 cm³/mol. The van der Waals surface area contributed by atoms with Crippen LogP contribution >= 0.6 is 11.3 Å². The highest BCUT2D eigenvalue weighted by Gasteiger charge is 2.46. The van der Waals surface area contributed by atoms with Gasteiger partial charge in [0.2, 0.25) is 5.91 Å². The van der Waals surface area contributed by atoms with E-state index in [0.717, 1.165) is 56.3 Å². The number of nitrogens with two attached hydrogens (primary N) is 1. The smallest absolute Gasteiger partial charge is 0.242 e. The molecule has 21 heavy (non-hydrogen) atoms. The van der Waals surface area contributed by atoms with Crippen LogP contribution < -0.4 is 5.73 Å². The number of piperazine rings is 1. The minimum Gasteiger partial charge on any atom is -0.339 e.